The molecule has 0 aromatic heterocycles. The summed E-state index contributed by atoms with van der Waals surface area (Å²) in [7, 11) is 0. The van der Waals surface area contributed by atoms with Gasteiger partial charge in [0.15, 0.2) is 0 Å². The van der Waals surface area contributed by atoms with E-state index >= 15 is 0 Å². The van der Waals surface area contributed by atoms with E-state index in [0.717, 1.165) is 0 Å². The summed E-state index contributed by atoms with van der Waals surface area (Å²) >= 11 is 12.0. The second-order valence-corrected chi connectivity index (χ2v) is 6.67. The van der Waals surface area contributed by atoms with Crippen LogP contribution in [0.3, 0.4) is 0 Å². The highest BCUT2D eigenvalue weighted by molar-refractivity contribution is 6.32. The molecule has 6 nitrogen and oxygen atoms in total. The van der Waals surface area contributed by atoms with Crippen molar-refractivity contribution in [3.8, 4) is 33.8 Å². The number of phenolic OH excluding ortho intramolecular Hbond substituents is 2. The van der Waals surface area contributed by atoms with Gasteiger partial charge >= 0.3 is 11.9 Å². The van der Waals surface area contributed by atoms with Gasteiger partial charge in [-0.3, -0.25) is 0 Å². The standard InChI is InChI=1S/C20H12Cl2O6/c21-13-7-9(1-5-15(13)23)11-3-4-12(19(25)26)18(20(27)28)17(11)10-2-6-16(24)14(22)8-10/h1-8,23-24H,(H,25,26)(H,27,28). The molecule has 8 heteroatoms. The van der Waals surface area contributed by atoms with E-state index in [4.69, 9.17) is 23.2 Å². The molecule has 0 aliphatic rings. The van der Waals surface area contributed by atoms with E-state index in [2.05, 4.69) is 0 Å². The largest absolute Gasteiger partial charge is 0.506 e. The van der Waals surface area contributed by atoms with Gasteiger partial charge in [-0.15, -0.1) is 0 Å². The summed E-state index contributed by atoms with van der Waals surface area (Å²) in [4.78, 5) is 23.6. The maximum atomic E-state index is 12.0. The average Bonchev–Trinajstić information content (AvgIpc) is 2.65. The van der Waals surface area contributed by atoms with Crippen LogP contribution in [0.25, 0.3) is 22.3 Å². The van der Waals surface area contributed by atoms with Crippen molar-refractivity contribution in [3.63, 3.8) is 0 Å². The fraction of sp³-hybridized carbons (Fsp3) is 0. The van der Waals surface area contributed by atoms with Crippen LogP contribution >= 0.6 is 23.2 Å². The molecule has 0 amide bonds. The second kappa shape index (κ2) is 7.42. The van der Waals surface area contributed by atoms with Gasteiger partial charge in [-0.25, -0.2) is 9.59 Å². The zero-order valence-corrected chi connectivity index (χ0v) is 15.5. The number of carbonyl (C=O) groups is 2. The van der Waals surface area contributed by atoms with Crippen LogP contribution in [-0.2, 0) is 0 Å². The van der Waals surface area contributed by atoms with E-state index in [0.29, 0.717) is 16.7 Å². The Balaban J connectivity index is 2.44. The number of hydrogen-bond donors (Lipinski definition) is 4. The Bertz CT molecular complexity index is 1120. The van der Waals surface area contributed by atoms with Crippen LogP contribution in [0, 0.1) is 0 Å². The summed E-state index contributed by atoms with van der Waals surface area (Å²) in [5, 5.41) is 38.5. The number of halogens is 2. The summed E-state index contributed by atoms with van der Waals surface area (Å²) in [5.74, 6) is -3.20. The minimum atomic E-state index is -1.44. The van der Waals surface area contributed by atoms with Crippen LogP contribution in [0.4, 0.5) is 0 Å². The third-order valence-corrected chi connectivity index (χ3v) is 4.75. The van der Waals surface area contributed by atoms with Gasteiger partial charge in [-0.1, -0.05) is 41.4 Å². The third-order valence-electron chi connectivity index (χ3n) is 4.14. The van der Waals surface area contributed by atoms with Gasteiger partial charge < -0.3 is 20.4 Å². The number of hydrogen-bond acceptors (Lipinski definition) is 4. The van der Waals surface area contributed by atoms with Gasteiger partial charge in [-0.2, -0.15) is 0 Å². The van der Waals surface area contributed by atoms with Crippen LogP contribution in [0.15, 0.2) is 48.5 Å². The lowest BCUT2D eigenvalue weighted by molar-refractivity contribution is 0.0652. The minimum Gasteiger partial charge on any atom is -0.506 e. The molecule has 0 bridgehead atoms. The van der Waals surface area contributed by atoms with Crippen molar-refractivity contribution in [1.82, 2.24) is 0 Å². The number of aromatic hydroxyl groups is 2. The maximum Gasteiger partial charge on any atom is 0.337 e. The van der Waals surface area contributed by atoms with Crippen molar-refractivity contribution >= 4 is 35.1 Å². The molecule has 0 aliphatic heterocycles. The maximum absolute atomic E-state index is 12.0. The Kier molecular flexibility index (Phi) is 5.18. The van der Waals surface area contributed by atoms with E-state index in [-0.39, 0.29) is 27.1 Å². The topological polar surface area (TPSA) is 115 Å². The van der Waals surface area contributed by atoms with Crippen LogP contribution in [0.1, 0.15) is 20.7 Å². The first-order chi connectivity index (χ1) is 13.2. The SMILES string of the molecule is O=C(O)c1ccc(-c2ccc(O)c(Cl)c2)c(-c2ccc(O)c(Cl)c2)c1C(=O)O. The second-order valence-electron chi connectivity index (χ2n) is 5.85. The van der Waals surface area contributed by atoms with Crippen molar-refractivity contribution in [3.05, 3.63) is 69.7 Å². The summed E-state index contributed by atoms with van der Waals surface area (Å²) in [6.45, 7) is 0. The number of rotatable bonds is 4. The quantitative estimate of drug-likeness (QED) is 0.466. The molecule has 0 radical (unpaired) electrons. The molecular formula is C20H12Cl2O6. The lowest BCUT2D eigenvalue weighted by atomic mass is 9.87. The number of carboxylic acid groups (broad SMARTS) is 2. The van der Waals surface area contributed by atoms with E-state index in [9.17, 15) is 30.0 Å². The Morgan fingerprint density at radius 2 is 1.25 bits per heavy atom. The number of aromatic carboxylic acids is 2. The molecule has 0 atom stereocenters. The molecule has 0 heterocycles. The van der Waals surface area contributed by atoms with Crippen molar-refractivity contribution in [2.75, 3.05) is 0 Å². The van der Waals surface area contributed by atoms with Crippen LogP contribution in [0.2, 0.25) is 10.0 Å². The molecule has 3 aromatic carbocycles. The van der Waals surface area contributed by atoms with Crippen LogP contribution < -0.4 is 0 Å². The molecule has 142 valence electrons. The third kappa shape index (κ3) is 3.47. The highest BCUT2D eigenvalue weighted by Gasteiger charge is 2.25. The minimum absolute atomic E-state index is 0.0238. The smallest absolute Gasteiger partial charge is 0.337 e. The van der Waals surface area contributed by atoms with Gasteiger partial charge in [0, 0.05) is 5.56 Å². The first-order valence-electron chi connectivity index (χ1n) is 7.82. The van der Waals surface area contributed by atoms with Gasteiger partial charge in [0.2, 0.25) is 0 Å². The van der Waals surface area contributed by atoms with Crippen molar-refractivity contribution < 1.29 is 30.0 Å². The van der Waals surface area contributed by atoms with E-state index in [1.807, 2.05) is 0 Å². The zero-order valence-electron chi connectivity index (χ0n) is 14.0. The summed E-state index contributed by atoms with van der Waals surface area (Å²) in [6.07, 6.45) is 0. The van der Waals surface area contributed by atoms with E-state index in [1.165, 1.54) is 48.5 Å². The molecule has 0 spiro atoms. The molecular weight excluding hydrogens is 407 g/mol. The summed E-state index contributed by atoms with van der Waals surface area (Å²) in [5.41, 5.74) is 0.377. The molecule has 4 N–H and O–H groups in total. The van der Waals surface area contributed by atoms with E-state index in [1.54, 1.807) is 0 Å². The lowest BCUT2D eigenvalue weighted by Gasteiger charge is -2.16. The average molecular weight is 419 g/mol. The number of phenols is 2. The van der Waals surface area contributed by atoms with Gasteiger partial charge in [-0.05, 0) is 47.0 Å². The normalized spacial score (nSPS) is 10.6. The summed E-state index contributed by atoms with van der Waals surface area (Å²) in [6, 6.07) is 11.0. The predicted molar refractivity (Wildman–Crippen MR) is 105 cm³/mol. The Hall–Kier alpha value is -3.22. The van der Waals surface area contributed by atoms with Crippen LogP contribution in [0.5, 0.6) is 11.5 Å². The highest BCUT2D eigenvalue weighted by Crippen LogP contribution is 2.41. The monoisotopic (exact) mass is 418 g/mol. The molecule has 3 rings (SSSR count). The van der Waals surface area contributed by atoms with Gasteiger partial charge in [0.05, 0.1) is 21.2 Å². The van der Waals surface area contributed by atoms with Crippen LogP contribution in [-0.4, -0.2) is 32.4 Å². The Labute approximate surface area is 168 Å². The van der Waals surface area contributed by atoms with Gasteiger partial charge in [0.25, 0.3) is 0 Å². The fourth-order valence-electron chi connectivity index (χ4n) is 2.88. The number of benzene rings is 3. The van der Waals surface area contributed by atoms with Crippen molar-refractivity contribution in [2.45, 2.75) is 0 Å². The Morgan fingerprint density at radius 1 is 0.714 bits per heavy atom. The molecule has 0 unspecified atom stereocenters. The molecule has 0 fully saturated rings. The van der Waals surface area contributed by atoms with Gasteiger partial charge in [0.1, 0.15) is 11.5 Å². The lowest BCUT2D eigenvalue weighted by Crippen LogP contribution is -2.11. The molecule has 28 heavy (non-hydrogen) atoms. The molecule has 0 aliphatic carbocycles. The fourth-order valence-corrected chi connectivity index (χ4v) is 3.24. The zero-order chi connectivity index (χ0) is 20.6. The molecule has 0 saturated heterocycles. The number of carboxylic acids is 2. The first kappa shape index (κ1) is 19.5. The van der Waals surface area contributed by atoms with Crippen molar-refractivity contribution in [2.24, 2.45) is 0 Å². The molecule has 3 aromatic rings. The molecule has 0 saturated carbocycles. The Morgan fingerprint density at radius 3 is 1.75 bits per heavy atom. The highest BCUT2D eigenvalue weighted by atomic mass is 35.5. The van der Waals surface area contributed by atoms with Crippen molar-refractivity contribution in [1.29, 1.82) is 0 Å². The first-order valence-corrected chi connectivity index (χ1v) is 8.57. The van der Waals surface area contributed by atoms with E-state index < -0.39 is 23.1 Å². The predicted octanol–water partition coefficient (Wildman–Crippen LogP) is 5.14. The summed E-state index contributed by atoms with van der Waals surface area (Å²) < 4.78 is 0.